The van der Waals surface area contributed by atoms with E-state index in [0.717, 1.165) is 11.1 Å². The average Bonchev–Trinajstić information content (AvgIpc) is 2.21. The van der Waals surface area contributed by atoms with Gasteiger partial charge in [0.2, 0.25) is 0 Å². The van der Waals surface area contributed by atoms with Gasteiger partial charge in [-0.05, 0) is 10.4 Å². The van der Waals surface area contributed by atoms with Crippen LogP contribution in [0.3, 0.4) is 0 Å². The highest BCUT2D eigenvalue weighted by Gasteiger charge is 1.96. The van der Waals surface area contributed by atoms with Crippen molar-refractivity contribution in [3.05, 3.63) is 24.8 Å². The van der Waals surface area contributed by atoms with Crippen LogP contribution in [-0.2, 0) is 0 Å². The Morgan fingerprint density at radius 2 is 0.917 bits per heavy atom. The molecule has 0 aliphatic rings. The zero-order chi connectivity index (χ0) is 8.23. The molecular weight excluding hydrogens is 156 g/mol. The van der Waals surface area contributed by atoms with Crippen LogP contribution in [0.5, 0.6) is 0 Å². The molecule has 0 aliphatic heterocycles. The maximum Gasteiger partial charge on any atom is 0.0609 e. The smallest absolute Gasteiger partial charge is 0.0609 e. The van der Waals surface area contributed by atoms with Gasteiger partial charge in [-0.15, -0.1) is 20.4 Å². The maximum atomic E-state index is 3.62. The molecular formula is C6H4N6. The highest BCUT2D eigenvalue weighted by Crippen LogP contribution is 2.11. The van der Waals surface area contributed by atoms with Crippen molar-refractivity contribution in [3.8, 4) is 11.1 Å². The zero-order valence-corrected chi connectivity index (χ0v) is 5.99. The highest BCUT2D eigenvalue weighted by molar-refractivity contribution is 5.57. The molecule has 0 N–H and O–H groups in total. The fourth-order valence-corrected chi connectivity index (χ4v) is 0.777. The Bertz CT molecular complexity index is 309. The van der Waals surface area contributed by atoms with Gasteiger partial charge in [0.25, 0.3) is 0 Å². The summed E-state index contributed by atoms with van der Waals surface area (Å²) in [5.41, 5.74) is 1.65. The number of hydrogen-bond acceptors (Lipinski definition) is 6. The Kier molecular flexibility index (Phi) is 1.65. The molecule has 2 aromatic rings. The van der Waals surface area contributed by atoms with Crippen LogP contribution in [0.4, 0.5) is 0 Å². The zero-order valence-electron chi connectivity index (χ0n) is 5.99. The maximum absolute atomic E-state index is 3.62. The highest BCUT2D eigenvalue weighted by atomic mass is 15.3. The van der Waals surface area contributed by atoms with Gasteiger partial charge < -0.3 is 0 Å². The molecule has 6 nitrogen and oxygen atoms in total. The van der Waals surface area contributed by atoms with Crippen LogP contribution in [0.2, 0.25) is 0 Å². The molecule has 0 amide bonds. The van der Waals surface area contributed by atoms with Crippen LogP contribution in [0.15, 0.2) is 24.8 Å². The molecule has 0 aliphatic carbocycles. The lowest BCUT2D eigenvalue weighted by molar-refractivity contribution is 0.854. The summed E-state index contributed by atoms with van der Waals surface area (Å²) < 4.78 is 0. The summed E-state index contributed by atoms with van der Waals surface area (Å²) in [6.07, 6.45) is 6.36. The fourth-order valence-electron chi connectivity index (χ4n) is 0.777. The van der Waals surface area contributed by atoms with E-state index < -0.39 is 0 Å². The van der Waals surface area contributed by atoms with E-state index in [0.29, 0.717) is 0 Å². The van der Waals surface area contributed by atoms with Crippen molar-refractivity contribution in [1.82, 2.24) is 30.8 Å². The van der Waals surface area contributed by atoms with E-state index in [1.54, 1.807) is 24.8 Å². The summed E-state index contributed by atoms with van der Waals surface area (Å²) >= 11 is 0. The van der Waals surface area contributed by atoms with Gasteiger partial charge in [-0.1, -0.05) is 0 Å². The monoisotopic (exact) mass is 160 g/mol. The second kappa shape index (κ2) is 2.95. The van der Waals surface area contributed by atoms with Crippen molar-refractivity contribution in [2.45, 2.75) is 0 Å². The molecule has 0 radical (unpaired) electrons. The second-order valence-electron chi connectivity index (χ2n) is 2.07. The molecule has 0 spiro atoms. The summed E-state index contributed by atoms with van der Waals surface area (Å²) in [6.45, 7) is 0. The molecule has 2 aromatic heterocycles. The van der Waals surface area contributed by atoms with Crippen LogP contribution >= 0.6 is 0 Å². The summed E-state index contributed by atoms with van der Waals surface area (Å²) in [5, 5.41) is 21.3. The van der Waals surface area contributed by atoms with Crippen LogP contribution in [0, 0.1) is 0 Å². The predicted octanol–water partition coefficient (Wildman–Crippen LogP) is -0.276. The Morgan fingerprint density at radius 3 is 1.25 bits per heavy atom. The lowest BCUT2D eigenvalue weighted by Crippen LogP contribution is -1.90. The van der Waals surface area contributed by atoms with E-state index in [1.807, 2.05) is 0 Å². The van der Waals surface area contributed by atoms with E-state index in [4.69, 9.17) is 0 Å². The Morgan fingerprint density at radius 1 is 0.583 bits per heavy atom. The van der Waals surface area contributed by atoms with E-state index in [1.165, 1.54) is 0 Å². The topological polar surface area (TPSA) is 77.3 Å². The van der Waals surface area contributed by atoms with Gasteiger partial charge in [0.05, 0.1) is 24.8 Å². The van der Waals surface area contributed by atoms with Crippen molar-refractivity contribution in [2.24, 2.45) is 0 Å². The molecule has 2 heterocycles. The largest absolute Gasteiger partial charge is 0.138 e. The second-order valence-corrected chi connectivity index (χ2v) is 2.07. The normalized spacial score (nSPS) is 9.67. The van der Waals surface area contributed by atoms with Crippen molar-refractivity contribution in [1.29, 1.82) is 0 Å². The minimum atomic E-state index is 0.826. The minimum Gasteiger partial charge on any atom is -0.138 e. The molecule has 58 valence electrons. The van der Waals surface area contributed by atoms with Gasteiger partial charge >= 0.3 is 0 Å². The van der Waals surface area contributed by atoms with Crippen molar-refractivity contribution < 1.29 is 0 Å². The van der Waals surface area contributed by atoms with Crippen LogP contribution in [0.1, 0.15) is 0 Å². The molecule has 12 heavy (non-hydrogen) atoms. The number of rotatable bonds is 1. The predicted molar refractivity (Wildman–Crippen MR) is 38.6 cm³/mol. The third kappa shape index (κ3) is 1.22. The number of hydrogen-bond donors (Lipinski definition) is 0. The van der Waals surface area contributed by atoms with Gasteiger partial charge in [0.1, 0.15) is 0 Å². The Hall–Kier alpha value is -1.98. The SMILES string of the molecule is c1nnncc1-c1cnnnc1. The van der Waals surface area contributed by atoms with Gasteiger partial charge in [-0.3, -0.25) is 0 Å². The molecule has 0 atom stereocenters. The Balaban J connectivity index is 2.46. The third-order valence-corrected chi connectivity index (χ3v) is 1.33. The van der Waals surface area contributed by atoms with Gasteiger partial charge in [0, 0.05) is 11.1 Å². The first-order valence-electron chi connectivity index (χ1n) is 3.24. The van der Waals surface area contributed by atoms with E-state index in [9.17, 15) is 0 Å². The van der Waals surface area contributed by atoms with Gasteiger partial charge in [-0.25, -0.2) is 0 Å². The van der Waals surface area contributed by atoms with E-state index in [-0.39, 0.29) is 0 Å². The van der Waals surface area contributed by atoms with Crippen LogP contribution in [-0.4, -0.2) is 30.8 Å². The number of aromatic nitrogens is 6. The molecule has 0 saturated carbocycles. The van der Waals surface area contributed by atoms with E-state index >= 15 is 0 Å². The van der Waals surface area contributed by atoms with Crippen LogP contribution < -0.4 is 0 Å². The third-order valence-electron chi connectivity index (χ3n) is 1.33. The standard InChI is InChI=1S/C6H4N6/c1-5(2-8-11-7-1)6-3-9-12-10-4-6/h1-4H. The first-order chi connectivity index (χ1) is 5.97. The summed E-state index contributed by atoms with van der Waals surface area (Å²) in [7, 11) is 0. The molecule has 6 heteroatoms. The summed E-state index contributed by atoms with van der Waals surface area (Å²) in [4.78, 5) is 0. The van der Waals surface area contributed by atoms with Gasteiger partial charge in [0.15, 0.2) is 0 Å². The molecule has 2 rings (SSSR count). The summed E-state index contributed by atoms with van der Waals surface area (Å²) in [6, 6.07) is 0. The van der Waals surface area contributed by atoms with Gasteiger partial charge in [-0.2, -0.15) is 0 Å². The van der Waals surface area contributed by atoms with Crippen molar-refractivity contribution in [2.75, 3.05) is 0 Å². The quantitative estimate of drug-likeness (QED) is 0.571. The molecule has 0 bridgehead atoms. The van der Waals surface area contributed by atoms with Crippen molar-refractivity contribution >= 4 is 0 Å². The van der Waals surface area contributed by atoms with Crippen LogP contribution in [0.25, 0.3) is 11.1 Å². The first-order valence-corrected chi connectivity index (χ1v) is 3.24. The molecule has 0 fully saturated rings. The summed E-state index contributed by atoms with van der Waals surface area (Å²) in [5.74, 6) is 0. The lowest BCUT2D eigenvalue weighted by atomic mass is 10.2. The lowest BCUT2D eigenvalue weighted by Gasteiger charge is -1.93. The minimum absolute atomic E-state index is 0.826. The Labute approximate surface area is 67.7 Å². The van der Waals surface area contributed by atoms with E-state index in [2.05, 4.69) is 30.8 Å². The average molecular weight is 160 g/mol. The molecule has 0 aromatic carbocycles. The fraction of sp³-hybridized carbons (Fsp3) is 0. The first kappa shape index (κ1) is 6.71. The van der Waals surface area contributed by atoms with Crippen molar-refractivity contribution in [3.63, 3.8) is 0 Å². The molecule has 0 unspecified atom stereocenters. The molecule has 0 saturated heterocycles. The number of nitrogens with zero attached hydrogens (tertiary/aromatic N) is 6.